The van der Waals surface area contributed by atoms with E-state index in [4.69, 9.17) is 37.4 Å². The Labute approximate surface area is 168 Å². The third-order valence-corrected chi connectivity index (χ3v) is 4.59. The maximum atomic E-state index is 6.08. The van der Waals surface area contributed by atoms with Crippen LogP contribution in [0.25, 0.3) is 0 Å². The van der Waals surface area contributed by atoms with Gasteiger partial charge in [0.1, 0.15) is 22.9 Å². The van der Waals surface area contributed by atoms with Crippen molar-refractivity contribution in [2.45, 2.75) is 0 Å². The average Bonchev–Trinajstić information content (AvgIpc) is 2.70. The summed E-state index contributed by atoms with van der Waals surface area (Å²) in [5.74, 6) is 1.85. The highest BCUT2D eigenvalue weighted by atomic mass is 35.5. The molecular weight excluding hydrogens is 385 g/mol. The van der Waals surface area contributed by atoms with E-state index in [-0.39, 0.29) is 0 Å². The molecule has 140 valence electrons. The lowest BCUT2D eigenvalue weighted by Crippen LogP contribution is -2.12. The second kappa shape index (κ2) is 8.42. The van der Waals surface area contributed by atoms with E-state index < -0.39 is 0 Å². The quantitative estimate of drug-likeness (QED) is 0.470. The molecule has 0 aromatic heterocycles. The summed E-state index contributed by atoms with van der Waals surface area (Å²) in [5.41, 5.74) is 2.53. The van der Waals surface area contributed by atoms with Gasteiger partial charge < -0.3 is 19.1 Å². The number of halogens is 2. The number of hydrogen-bond donors (Lipinski definition) is 0. The lowest BCUT2D eigenvalue weighted by Gasteiger charge is -2.29. The molecule has 0 saturated heterocycles. The molecule has 27 heavy (non-hydrogen) atoms. The first-order chi connectivity index (χ1) is 13.1. The minimum atomic E-state index is 0.608. The minimum Gasteiger partial charge on any atom is -0.496 e. The van der Waals surface area contributed by atoms with Gasteiger partial charge in [0.25, 0.3) is 0 Å². The monoisotopic (exact) mass is 403 g/mol. The first kappa shape index (κ1) is 19.2. The molecule has 0 amide bonds. The molecule has 0 bridgehead atoms. The van der Waals surface area contributed by atoms with Crippen molar-refractivity contribution in [3.8, 4) is 17.2 Å². The summed E-state index contributed by atoms with van der Waals surface area (Å²) in [6, 6.07) is 18.7. The van der Waals surface area contributed by atoms with Crippen LogP contribution in [0.5, 0.6) is 17.2 Å². The maximum Gasteiger partial charge on any atom is 0.150 e. The van der Waals surface area contributed by atoms with Crippen LogP contribution in [-0.4, -0.2) is 21.3 Å². The average molecular weight is 404 g/mol. The van der Waals surface area contributed by atoms with Gasteiger partial charge in [0, 0.05) is 33.6 Å². The van der Waals surface area contributed by atoms with E-state index in [0.29, 0.717) is 27.3 Å². The number of ether oxygens (including phenoxy) is 3. The molecule has 0 aliphatic rings. The topological polar surface area (TPSA) is 30.9 Å². The van der Waals surface area contributed by atoms with E-state index in [9.17, 15) is 0 Å². The van der Waals surface area contributed by atoms with Crippen LogP contribution in [-0.2, 0) is 0 Å². The van der Waals surface area contributed by atoms with Gasteiger partial charge in [0.05, 0.1) is 21.3 Å². The van der Waals surface area contributed by atoms with Crippen molar-refractivity contribution in [1.82, 2.24) is 0 Å². The van der Waals surface area contributed by atoms with Gasteiger partial charge in [-0.1, -0.05) is 23.2 Å². The van der Waals surface area contributed by atoms with Gasteiger partial charge in [-0.3, -0.25) is 0 Å². The molecule has 0 aliphatic carbocycles. The number of methoxy groups -OCH3 is 3. The Kier molecular flexibility index (Phi) is 5.99. The Morgan fingerprint density at radius 1 is 0.630 bits per heavy atom. The SMILES string of the molecule is COc1cc(OC)c(N(c2ccc(Cl)cc2)c2ccc(Cl)cc2)c(OC)c1. The Hall–Kier alpha value is -2.56. The van der Waals surface area contributed by atoms with Crippen LogP contribution in [0.2, 0.25) is 10.0 Å². The molecule has 0 atom stereocenters. The van der Waals surface area contributed by atoms with Crippen LogP contribution in [0.1, 0.15) is 0 Å². The third-order valence-electron chi connectivity index (χ3n) is 4.08. The fourth-order valence-corrected chi connectivity index (χ4v) is 3.05. The van der Waals surface area contributed by atoms with Crippen molar-refractivity contribution in [1.29, 1.82) is 0 Å². The van der Waals surface area contributed by atoms with Crippen LogP contribution < -0.4 is 19.1 Å². The fourth-order valence-electron chi connectivity index (χ4n) is 2.80. The van der Waals surface area contributed by atoms with E-state index in [0.717, 1.165) is 17.1 Å². The van der Waals surface area contributed by atoms with Crippen molar-refractivity contribution in [3.63, 3.8) is 0 Å². The van der Waals surface area contributed by atoms with Gasteiger partial charge in [-0.15, -0.1) is 0 Å². The lowest BCUT2D eigenvalue weighted by atomic mass is 10.1. The maximum absolute atomic E-state index is 6.08. The zero-order valence-corrected chi connectivity index (χ0v) is 16.7. The van der Waals surface area contributed by atoms with E-state index in [1.165, 1.54) is 0 Å². The van der Waals surface area contributed by atoms with Crippen LogP contribution >= 0.6 is 23.2 Å². The third kappa shape index (κ3) is 4.07. The van der Waals surface area contributed by atoms with Crippen molar-refractivity contribution >= 4 is 40.3 Å². The molecule has 0 N–H and O–H groups in total. The van der Waals surface area contributed by atoms with E-state index in [1.54, 1.807) is 21.3 Å². The smallest absolute Gasteiger partial charge is 0.150 e. The van der Waals surface area contributed by atoms with Gasteiger partial charge in [-0.25, -0.2) is 0 Å². The van der Waals surface area contributed by atoms with E-state index >= 15 is 0 Å². The molecule has 0 radical (unpaired) electrons. The zero-order chi connectivity index (χ0) is 19.4. The highest BCUT2D eigenvalue weighted by Gasteiger charge is 2.23. The molecular formula is C21H19Cl2NO3. The summed E-state index contributed by atoms with van der Waals surface area (Å²) in [5, 5.41) is 1.31. The molecule has 0 saturated carbocycles. The largest absolute Gasteiger partial charge is 0.496 e. The Balaban J connectivity index is 2.27. The summed E-state index contributed by atoms with van der Waals surface area (Å²) < 4.78 is 16.7. The zero-order valence-electron chi connectivity index (χ0n) is 15.2. The van der Waals surface area contributed by atoms with Crippen molar-refractivity contribution in [3.05, 3.63) is 70.7 Å². The first-order valence-electron chi connectivity index (χ1n) is 8.18. The predicted molar refractivity (Wildman–Crippen MR) is 111 cm³/mol. The van der Waals surface area contributed by atoms with Gasteiger partial charge in [0.15, 0.2) is 0 Å². The Morgan fingerprint density at radius 3 is 1.37 bits per heavy atom. The van der Waals surface area contributed by atoms with E-state index in [1.807, 2.05) is 65.6 Å². The highest BCUT2D eigenvalue weighted by Crippen LogP contribution is 2.48. The molecule has 4 nitrogen and oxygen atoms in total. The number of benzene rings is 3. The number of rotatable bonds is 6. The molecule has 3 aromatic carbocycles. The summed E-state index contributed by atoms with van der Waals surface area (Å²) in [6.45, 7) is 0. The number of nitrogens with zero attached hydrogens (tertiary/aromatic N) is 1. The number of hydrogen-bond acceptors (Lipinski definition) is 4. The summed E-state index contributed by atoms with van der Waals surface area (Å²) in [7, 11) is 4.82. The Morgan fingerprint density at radius 2 is 1.04 bits per heavy atom. The second-order valence-corrected chi connectivity index (χ2v) is 6.54. The normalized spacial score (nSPS) is 10.4. The molecule has 6 heteroatoms. The van der Waals surface area contributed by atoms with Crippen molar-refractivity contribution in [2.75, 3.05) is 26.2 Å². The first-order valence-corrected chi connectivity index (χ1v) is 8.94. The minimum absolute atomic E-state index is 0.608. The molecule has 0 heterocycles. The van der Waals surface area contributed by atoms with Gasteiger partial charge in [0.2, 0.25) is 0 Å². The predicted octanol–water partition coefficient (Wildman–Crippen LogP) is 6.49. The lowest BCUT2D eigenvalue weighted by molar-refractivity contribution is 0.377. The summed E-state index contributed by atoms with van der Waals surface area (Å²) in [4.78, 5) is 2.02. The number of anilines is 3. The molecule has 0 aliphatic heterocycles. The van der Waals surface area contributed by atoms with Gasteiger partial charge >= 0.3 is 0 Å². The van der Waals surface area contributed by atoms with Crippen molar-refractivity contribution < 1.29 is 14.2 Å². The van der Waals surface area contributed by atoms with Crippen LogP contribution in [0.15, 0.2) is 60.7 Å². The van der Waals surface area contributed by atoms with Crippen LogP contribution in [0.3, 0.4) is 0 Å². The second-order valence-electron chi connectivity index (χ2n) is 5.67. The standard InChI is InChI=1S/C21H19Cl2NO3/c1-25-18-12-19(26-2)21(20(13-18)27-3)24(16-8-4-14(22)5-9-16)17-10-6-15(23)7-11-17/h4-13H,1-3H3. The molecule has 0 fully saturated rings. The fraction of sp³-hybridized carbons (Fsp3) is 0.143. The highest BCUT2D eigenvalue weighted by molar-refractivity contribution is 6.31. The van der Waals surface area contributed by atoms with Crippen LogP contribution in [0, 0.1) is 0 Å². The van der Waals surface area contributed by atoms with Crippen LogP contribution in [0.4, 0.5) is 17.1 Å². The summed E-state index contributed by atoms with van der Waals surface area (Å²) >= 11 is 12.2. The molecule has 0 unspecified atom stereocenters. The van der Waals surface area contributed by atoms with Gasteiger partial charge in [-0.05, 0) is 48.5 Å². The van der Waals surface area contributed by atoms with Gasteiger partial charge in [-0.2, -0.15) is 0 Å². The van der Waals surface area contributed by atoms with E-state index in [2.05, 4.69) is 0 Å². The Bertz CT molecular complexity index is 841. The molecule has 3 aromatic rings. The molecule has 3 rings (SSSR count). The summed E-state index contributed by atoms with van der Waals surface area (Å²) in [6.07, 6.45) is 0. The molecule has 0 spiro atoms. The van der Waals surface area contributed by atoms with Crippen molar-refractivity contribution in [2.24, 2.45) is 0 Å².